The van der Waals surface area contributed by atoms with E-state index in [1.807, 2.05) is 6.20 Å². The summed E-state index contributed by atoms with van der Waals surface area (Å²) in [7, 11) is 3.90. The van der Waals surface area contributed by atoms with Gasteiger partial charge in [-0.15, -0.1) is 11.3 Å². The number of piperazine rings is 1. The number of hydrogen-bond donors (Lipinski definition) is 1. The maximum atomic E-state index is 14.2. The van der Waals surface area contributed by atoms with Gasteiger partial charge in [0, 0.05) is 98.1 Å². The zero-order chi connectivity index (χ0) is 40.9. The second kappa shape index (κ2) is 16.4. The number of piperidine rings is 1. The molecule has 4 aliphatic rings. The summed E-state index contributed by atoms with van der Waals surface area (Å²) in [6.07, 6.45) is 4.87. The molecule has 3 aliphatic heterocycles. The Balaban J connectivity index is 1.26. The molecule has 12 nitrogen and oxygen atoms in total. The van der Waals surface area contributed by atoms with Crippen molar-refractivity contribution in [3.8, 4) is 22.5 Å². The lowest BCUT2D eigenvalue weighted by atomic mass is 9.84. The van der Waals surface area contributed by atoms with Gasteiger partial charge in [-0.2, -0.15) is 0 Å². The summed E-state index contributed by atoms with van der Waals surface area (Å²) in [6.45, 7) is 16.2. The monoisotopic (exact) mass is 809 g/mol. The number of rotatable bonds is 7. The molecule has 2 saturated heterocycles. The van der Waals surface area contributed by atoms with Gasteiger partial charge in [0.15, 0.2) is 0 Å². The molecule has 5 atom stereocenters. The van der Waals surface area contributed by atoms with E-state index in [0.29, 0.717) is 31.7 Å². The molecule has 0 unspecified atom stereocenters. The molecule has 1 saturated carbocycles. The van der Waals surface area contributed by atoms with Crippen molar-refractivity contribution < 1.29 is 23.9 Å². The number of amides is 2. The van der Waals surface area contributed by atoms with Gasteiger partial charge in [-0.3, -0.25) is 19.4 Å². The number of fused-ring (bicyclic) bond motifs is 6. The Morgan fingerprint density at radius 3 is 2.62 bits per heavy atom. The third kappa shape index (κ3) is 8.14. The summed E-state index contributed by atoms with van der Waals surface area (Å²) in [6, 6.07) is 8.12. The van der Waals surface area contributed by atoms with Gasteiger partial charge >= 0.3 is 5.97 Å². The Hall–Kier alpha value is -4.33. The summed E-state index contributed by atoms with van der Waals surface area (Å²) in [5.74, 6) is -0.705. The number of thiazole rings is 1. The number of aromatic nitrogens is 3. The van der Waals surface area contributed by atoms with Crippen LogP contribution in [-0.4, -0.2) is 108 Å². The van der Waals surface area contributed by atoms with Crippen LogP contribution in [0.4, 0.5) is 5.69 Å². The van der Waals surface area contributed by atoms with Crippen LogP contribution in [0.1, 0.15) is 76.3 Å². The van der Waals surface area contributed by atoms with E-state index in [2.05, 4.69) is 91.0 Å². The summed E-state index contributed by atoms with van der Waals surface area (Å²) < 4.78 is 14.6. The number of benzene rings is 1. The van der Waals surface area contributed by atoms with E-state index in [1.54, 1.807) is 12.0 Å². The average Bonchev–Trinajstić information content (AvgIpc) is 3.65. The molecule has 8 rings (SSSR count). The Labute approximate surface area is 346 Å². The van der Waals surface area contributed by atoms with Gasteiger partial charge in [-0.05, 0) is 76.3 Å². The molecule has 3 fully saturated rings. The third-order valence-electron chi connectivity index (χ3n) is 12.9. The second-order valence-electron chi connectivity index (χ2n) is 17.9. The highest BCUT2D eigenvalue weighted by Crippen LogP contribution is 2.43. The zero-order valence-corrected chi connectivity index (χ0v) is 36.0. The standard InChI is InChI=1S/C45H59N7O5S/c1-8-52-38-12-11-29-19-33(38)35(41(52)34-20-31(23-46-40(34)28(3)56-7)50-16-14-49(6)15-17-50)22-45(4,5)26-57-44(55)30-10-9-13-51(24-30)43(54)36(21-39-47-37(29)25-58-39)48-42(53)32-18-27(32)2/h11-12,19-20,23,25,27-28,30,32,36H,8-10,13-18,21-22,24,26H2,1-7H3,(H,48,53)/t27-,28-,30+,32-,36-/m0/s1. The van der Waals surface area contributed by atoms with Crippen molar-refractivity contribution in [2.24, 2.45) is 23.2 Å². The minimum atomic E-state index is -0.763. The van der Waals surface area contributed by atoms with Crippen LogP contribution < -0.4 is 10.2 Å². The number of pyridine rings is 1. The second-order valence-corrected chi connectivity index (χ2v) is 18.8. The summed E-state index contributed by atoms with van der Waals surface area (Å²) in [5.41, 5.74) is 7.80. The minimum Gasteiger partial charge on any atom is -0.465 e. The first-order valence-corrected chi connectivity index (χ1v) is 22.0. The van der Waals surface area contributed by atoms with Crippen molar-refractivity contribution in [2.75, 3.05) is 64.9 Å². The lowest BCUT2D eigenvalue weighted by Gasteiger charge is -2.35. The van der Waals surface area contributed by atoms with Gasteiger partial charge in [0.05, 0.1) is 52.6 Å². The number of carbonyl (C=O) groups is 3. The first kappa shape index (κ1) is 40.4. The number of anilines is 1. The normalized spacial score (nSPS) is 24.7. The van der Waals surface area contributed by atoms with Crippen LogP contribution in [0.15, 0.2) is 35.8 Å². The fourth-order valence-electron chi connectivity index (χ4n) is 9.11. The molecule has 3 aromatic heterocycles. The molecule has 58 heavy (non-hydrogen) atoms. The van der Waals surface area contributed by atoms with Crippen molar-refractivity contribution in [3.63, 3.8) is 0 Å². The number of nitrogens with one attached hydrogen (secondary N) is 1. The topological polar surface area (TPSA) is 122 Å². The van der Waals surface area contributed by atoms with Crippen LogP contribution in [0.25, 0.3) is 33.4 Å². The lowest BCUT2D eigenvalue weighted by molar-refractivity contribution is -0.155. The molecule has 0 radical (unpaired) electrons. The predicted octanol–water partition coefficient (Wildman–Crippen LogP) is 6.35. The number of carbonyl (C=O) groups excluding carboxylic acids is 3. The molecule has 0 spiro atoms. The van der Waals surface area contributed by atoms with Gasteiger partial charge in [-0.25, -0.2) is 4.98 Å². The number of likely N-dealkylation sites (N-methyl/N-ethyl adjacent to an activating group) is 1. The van der Waals surface area contributed by atoms with E-state index in [1.165, 1.54) is 16.9 Å². The van der Waals surface area contributed by atoms with E-state index in [0.717, 1.165) is 89.0 Å². The van der Waals surface area contributed by atoms with E-state index < -0.39 is 17.4 Å². The highest BCUT2D eigenvalue weighted by atomic mass is 32.1. The Bertz CT molecular complexity index is 2190. The van der Waals surface area contributed by atoms with Crippen LogP contribution in [0.5, 0.6) is 0 Å². The van der Waals surface area contributed by atoms with Crippen molar-refractivity contribution in [3.05, 3.63) is 52.1 Å². The molecule has 2 amide bonds. The third-order valence-corrected chi connectivity index (χ3v) is 13.7. The minimum absolute atomic E-state index is 0.0693. The van der Waals surface area contributed by atoms with Gasteiger partial charge in [0.2, 0.25) is 11.8 Å². The zero-order valence-electron chi connectivity index (χ0n) is 35.2. The largest absolute Gasteiger partial charge is 0.465 e. The molecule has 1 aromatic carbocycles. The van der Waals surface area contributed by atoms with E-state index in [-0.39, 0.29) is 49.4 Å². The number of cyclic esters (lactones) is 1. The average molecular weight is 810 g/mol. The summed E-state index contributed by atoms with van der Waals surface area (Å²) in [5, 5.41) is 7.06. The number of esters is 1. The molecular weight excluding hydrogens is 751 g/mol. The Kier molecular flexibility index (Phi) is 11.4. The molecular formula is C45H59N7O5S. The molecule has 1 N–H and O–H groups in total. The van der Waals surface area contributed by atoms with Crippen LogP contribution in [0, 0.1) is 23.2 Å². The van der Waals surface area contributed by atoms with Crippen molar-refractivity contribution in [1.29, 1.82) is 0 Å². The molecule has 1 aliphatic carbocycles. The lowest BCUT2D eigenvalue weighted by Crippen LogP contribution is -2.53. The number of methoxy groups -OCH3 is 1. The number of nitrogens with zero attached hydrogens (tertiary/aromatic N) is 6. The maximum Gasteiger partial charge on any atom is 0.310 e. The van der Waals surface area contributed by atoms with Crippen LogP contribution >= 0.6 is 11.3 Å². The molecule has 310 valence electrons. The smallest absolute Gasteiger partial charge is 0.310 e. The SMILES string of the molecule is CCn1c(-c2cc(N3CCN(C)CC3)cnc2[C@H](C)OC)c2c3cc(ccc31)-c1csc(n1)C[C@H](NC(=O)[C@H]1C[C@@H]1C)C(=O)N1CCC[C@H](C1)C(=O)OCC(C)(C)C2. The fourth-order valence-corrected chi connectivity index (χ4v) is 9.96. The first-order valence-electron chi connectivity index (χ1n) is 21.2. The number of ether oxygens (including phenoxy) is 2. The Morgan fingerprint density at radius 1 is 1.12 bits per heavy atom. The molecule has 13 heteroatoms. The van der Waals surface area contributed by atoms with E-state index in [9.17, 15) is 14.4 Å². The summed E-state index contributed by atoms with van der Waals surface area (Å²) >= 11 is 1.51. The Morgan fingerprint density at radius 2 is 1.90 bits per heavy atom. The number of aryl methyl sites for hydroxylation is 1. The van der Waals surface area contributed by atoms with Crippen molar-refractivity contribution in [1.82, 2.24) is 29.7 Å². The summed E-state index contributed by atoms with van der Waals surface area (Å²) in [4.78, 5) is 58.1. The van der Waals surface area contributed by atoms with Gasteiger partial charge in [0.1, 0.15) is 6.04 Å². The molecule has 6 bridgehead atoms. The quantitative estimate of drug-likeness (QED) is 0.213. The maximum absolute atomic E-state index is 14.2. The highest BCUT2D eigenvalue weighted by molar-refractivity contribution is 7.10. The van der Waals surface area contributed by atoms with Gasteiger partial charge in [-0.1, -0.05) is 26.8 Å². The van der Waals surface area contributed by atoms with E-state index >= 15 is 0 Å². The first-order chi connectivity index (χ1) is 27.8. The van der Waals surface area contributed by atoms with Gasteiger partial charge in [0.25, 0.3) is 0 Å². The van der Waals surface area contributed by atoms with E-state index in [4.69, 9.17) is 19.4 Å². The molecule has 4 aromatic rings. The van der Waals surface area contributed by atoms with Crippen LogP contribution in [0.2, 0.25) is 0 Å². The fraction of sp³-hybridized carbons (Fsp3) is 0.578. The molecule has 6 heterocycles. The predicted molar refractivity (Wildman–Crippen MR) is 228 cm³/mol. The van der Waals surface area contributed by atoms with Crippen LogP contribution in [-0.2, 0) is 43.2 Å². The number of hydrogen-bond acceptors (Lipinski definition) is 10. The van der Waals surface area contributed by atoms with Crippen molar-refractivity contribution >= 4 is 45.7 Å². The van der Waals surface area contributed by atoms with Crippen molar-refractivity contribution in [2.45, 2.75) is 85.4 Å². The van der Waals surface area contributed by atoms with Crippen LogP contribution in [0.3, 0.4) is 0 Å². The van der Waals surface area contributed by atoms with Gasteiger partial charge < -0.3 is 34.1 Å². The highest BCUT2D eigenvalue weighted by Gasteiger charge is 2.42.